The zero-order valence-corrected chi connectivity index (χ0v) is 25.4. The van der Waals surface area contributed by atoms with Gasteiger partial charge >= 0.3 is 0 Å². The lowest BCUT2D eigenvalue weighted by atomic mass is 9.85. The molecule has 0 unspecified atom stereocenters. The maximum absolute atomic E-state index is 2.41. The van der Waals surface area contributed by atoms with Crippen molar-refractivity contribution in [2.45, 2.75) is 0 Å². The highest BCUT2D eigenvalue weighted by Gasteiger charge is 2.17. The molecule has 0 saturated carbocycles. The molecule has 8 aromatic carbocycles. The minimum Gasteiger partial charge on any atom is -0.135 e. The SMILES string of the molecule is c1ccc(-c2c3ccccc3c(-c3ccccc3)c3cc(-c4cccc(-c5ccc6sc7ccccc7c6c5)c4)ccc23)cc1. The van der Waals surface area contributed by atoms with Crippen LogP contribution in [0.5, 0.6) is 0 Å². The Kier molecular flexibility index (Phi) is 6.11. The van der Waals surface area contributed by atoms with Crippen molar-refractivity contribution in [3.05, 3.63) is 170 Å². The van der Waals surface area contributed by atoms with Crippen molar-refractivity contribution in [1.29, 1.82) is 0 Å². The Balaban J connectivity index is 1.27. The number of benzene rings is 8. The molecule has 9 aromatic rings. The molecular weight excluding hydrogens is 561 g/mol. The van der Waals surface area contributed by atoms with Gasteiger partial charge in [0, 0.05) is 20.2 Å². The summed E-state index contributed by atoms with van der Waals surface area (Å²) in [6.45, 7) is 0. The minimum atomic E-state index is 1.22. The number of thiophene rings is 1. The molecule has 0 fully saturated rings. The summed E-state index contributed by atoms with van der Waals surface area (Å²) in [6, 6.07) is 62.2. The zero-order chi connectivity index (χ0) is 29.7. The van der Waals surface area contributed by atoms with Crippen molar-refractivity contribution in [1.82, 2.24) is 0 Å². The van der Waals surface area contributed by atoms with Crippen LogP contribution in [0.1, 0.15) is 0 Å². The Bertz CT molecular complexity index is 2520. The van der Waals surface area contributed by atoms with E-state index in [1.807, 2.05) is 11.3 Å². The van der Waals surface area contributed by atoms with Gasteiger partial charge in [-0.15, -0.1) is 11.3 Å². The maximum Gasteiger partial charge on any atom is 0.0355 e. The van der Waals surface area contributed by atoms with Gasteiger partial charge in [0.15, 0.2) is 0 Å². The van der Waals surface area contributed by atoms with Crippen molar-refractivity contribution in [2.75, 3.05) is 0 Å². The largest absolute Gasteiger partial charge is 0.135 e. The fraction of sp³-hybridized carbons (Fsp3) is 0. The van der Waals surface area contributed by atoms with Gasteiger partial charge < -0.3 is 0 Å². The van der Waals surface area contributed by atoms with Crippen molar-refractivity contribution >= 4 is 53.1 Å². The predicted molar refractivity (Wildman–Crippen MR) is 196 cm³/mol. The molecule has 0 radical (unpaired) electrons. The van der Waals surface area contributed by atoms with Crippen LogP contribution in [0.4, 0.5) is 0 Å². The van der Waals surface area contributed by atoms with E-state index in [4.69, 9.17) is 0 Å². The van der Waals surface area contributed by atoms with Gasteiger partial charge in [-0.25, -0.2) is 0 Å². The molecule has 1 heterocycles. The van der Waals surface area contributed by atoms with Crippen LogP contribution in [-0.4, -0.2) is 0 Å². The Morgan fingerprint density at radius 1 is 0.244 bits per heavy atom. The van der Waals surface area contributed by atoms with Gasteiger partial charge in [0.05, 0.1) is 0 Å². The van der Waals surface area contributed by atoms with Crippen LogP contribution in [0.25, 0.3) is 86.2 Å². The minimum absolute atomic E-state index is 1.22. The lowest BCUT2D eigenvalue weighted by molar-refractivity contribution is 1.61. The van der Waals surface area contributed by atoms with E-state index in [1.54, 1.807) is 0 Å². The number of rotatable bonds is 4. The van der Waals surface area contributed by atoms with Crippen molar-refractivity contribution in [3.8, 4) is 44.5 Å². The van der Waals surface area contributed by atoms with E-state index in [2.05, 4.69) is 170 Å². The Morgan fingerprint density at radius 2 is 0.689 bits per heavy atom. The summed E-state index contributed by atoms with van der Waals surface area (Å²) in [7, 11) is 0. The number of fused-ring (bicyclic) bond motifs is 5. The summed E-state index contributed by atoms with van der Waals surface area (Å²) in [5, 5.41) is 7.76. The average Bonchev–Trinajstić information content (AvgIpc) is 3.49. The fourth-order valence-corrected chi connectivity index (χ4v) is 8.06. The molecule has 0 bridgehead atoms. The molecular formula is C44H28S. The smallest absolute Gasteiger partial charge is 0.0355 e. The van der Waals surface area contributed by atoms with Crippen LogP contribution < -0.4 is 0 Å². The molecule has 0 N–H and O–H groups in total. The Labute approximate surface area is 266 Å². The average molecular weight is 589 g/mol. The lowest BCUT2D eigenvalue weighted by Gasteiger charge is -2.19. The maximum atomic E-state index is 2.41. The van der Waals surface area contributed by atoms with Gasteiger partial charge in [0.1, 0.15) is 0 Å². The summed E-state index contributed by atoms with van der Waals surface area (Å²) in [5.41, 5.74) is 9.97. The fourth-order valence-electron chi connectivity index (χ4n) is 6.97. The van der Waals surface area contributed by atoms with Crippen LogP contribution in [0.3, 0.4) is 0 Å². The van der Waals surface area contributed by atoms with Gasteiger partial charge in [-0.05, 0) is 96.4 Å². The third kappa shape index (κ3) is 4.36. The third-order valence-corrected chi connectivity index (χ3v) is 10.2. The highest BCUT2D eigenvalue weighted by Crippen LogP contribution is 2.45. The van der Waals surface area contributed by atoms with Crippen molar-refractivity contribution in [3.63, 3.8) is 0 Å². The first kappa shape index (κ1) is 25.9. The predicted octanol–water partition coefficient (Wildman–Crippen LogP) is 13.0. The van der Waals surface area contributed by atoms with Crippen LogP contribution in [0, 0.1) is 0 Å². The molecule has 0 aliphatic heterocycles. The van der Waals surface area contributed by atoms with Gasteiger partial charge in [0.2, 0.25) is 0 Å². The van der Waals surface area contributed by atoms with E-state index < -0.39 is 0 Å². The van der Waals surface area contributed by atoms with E-state index in [9.17, 15) is 0 Å². The summed E-state index contributed by atoms with van der Waals surface area (Å²) in [5.74, 6) is 0. The van der Waals surface area contributed by atoms with Gasteiger partial charge in [-0.3, -0.25) is 0 Å². The molecule has 9 rings (SSSR count). The molecule has 0 aliphatic carbocycles. The molecule has 210 valence electrons. The van der Waals surface area contributed by atoms with Crippen LogP contribution in [-0.2, 0) is 0 Å². The number of hydrogen-bond donors (Lipinski definition) is 0. The first-order valence-electron chi connectivity index (χ1n) is 15.4. The molecule has 0 spiro atoms. The van der Waals surface area contributed by atoms with Crippen molar-refractivity contribution < 1.29 is 0 Å². The first-order valence-corrected chi connectivity index (χ1v) is 16.2. The quantitative estimate of drug-likeness (QED) is 0.179. The second-order valence-corrected chi connectivity index (χ2v) is 12.8. The molecule has 0 amide bonds. The van der Waals surface area contributed by atoms with E-state index in [0.29, 0.717) is 0 Å². The third-order valence-electron chi connectivity index (χ3n) is 9.05. The number of hydrogen-bond acceptors (Lipinski definition) is 1. The van der Waals surface area contributed by atoms with E-state index in [1.165, 1.54) is 86.2 Å². The van der Waals surface area contributed by atoms with E-state index in [-0.39, 0.29) is 0 Å². The highest BCUT2D eigenvalue weighted by molar-refractivity contribution is 7.25. The molecule has 0 nitrogen and oxygen atoms in total. The van der Waals surface area contributed by atoms with E-state index >= 15 is 0 Å². The first-order chi connectivity index (χ1) is 22.3. The lowest BCUT2D eigenvalue weighted by Crippen LogP contribution is -1.91. The molecule has 1 heteroatoms. The molecule has 0 saturated heterocycles. The topological polar surface area (TPSA) is 0 Å². The standard InChI is InChI=1S/C44H28S/c1-3-12-29(13-4-1)43-36-19-7-8-20-37(36)44(30-14-5-2-6-15-30)40-28-33(22-24-38(40)43)31-16-11-17-32(26-31)34-23-25-42-39(27-34)35-18-9-10-21-41(35)45-42/h1-28H. The summed E-state index contributed by atoms with van der Waals surface area (Å²) >= 11 is 1.87. The van der Waals surface area contributed by atoms with Crippen molar-refractivity contribution in [2.24, 2.45) is 0 Å². The molecule has 0 atom stereocenters. The van der Waals surface area contributed by atoms with Gasteiger partial charge in [-0.2, -0.15) is 0 Å². The van der Waals surface area contributed by atoms with E-state index in [0.717, 1.165) is 0 Å². The summed E-state index contributed by atoms with van der Waals surface area (Å²) in [4.78, 5) is 0. The van der Waals surface area contributed by atoms with Crippen LogP contribution >= 0.6 is 11.3 Å². The Hall–Kier alpha value is -5.50. The molecule has 1 aromatic heterocycles. The van der Waals surface area contributed by atoms with Gasteiger partial charge in [-0.1, -0.05) is 140 Å². The van der Waals surface area contributed by atoms with Gasteiger partial charge in [0.25, 0.3) is 0 Å². The van der Waals surface area contributed by atoms with Crippen LogP contribution in [0.2, 0.25) is 0 Å². The van der Waals surface area contributed by atoms with Crippen LogP contribution in [0.15, 0.2) is 170 Å². The monoisotopic (exact) mass is 588 g/mol. The summed E-state index contributed by atoms with van der Waals surface area (Å²) < 4.78 is 2.67. The highest BCUT2D eigenvalue weighted by atomic mass is 32.1. The zero-order valence-electron chi connectivity index (χ0n) is 24.6. The summed E-state index contributed by atoms with van der Waals surface area (Å²) in [6.07, 6.45) is 0. The Morgan fingerprint density at radius 3 is 1.36 bits per heavy atom. The second kappa shape index (κ2) is 10.6. The second-order valence-electron chi connectivity index (χ2n) is 11.7. The normalized spacial score (nSPS) is 11.6. The molecule has 45 heavy (non-hydrogen) atoms. The molecule has 0 aliphatic rings.